The van der Waals surface area contributed by atoms with Crippen LogP contribution in [-0.4, -0.2) is 50.8 Å². The highest BCUT2D eigenvalue weighted by Gasteiger charge is 2.13. The molecule has 21 heavy (non-hydrogen) atoms. The number of rotatable bonds is 6. The summed E-state index contributed by atoms with van der Waals surface area (Å²) in [6.07, 6.45) is 4.38. The van der Waals surface area contributed by atoms with Crippen molar-refractivity contribution in [3.8, 4) is 0 Å². The molecule has 0 bridgehead atoms. The number of ether oxygens (including phenoxy) is 1. The number of aromatic nitrogens is 1. The fraction of sp³-hybridized carbons (Fsp3) is 0.600. The van der Waals surface area contributed by atoms with Crippen LogP contribution in [0.2, 0.25) is 0 Å². The molecule has 116 valence electrons. The SMILES string of the molecule is CN(C)c1ccc(NC(=O)CCOC2CCNCC2)cn1. The number of carbonyl (C=O) groups excluding carboxylic acids is 1. The molecule has 1 aliphatic rings. The molecule has 0 radical (unpaired) electrons. The minimum Gasteiger partial charge on any atom is -0.378 e. The van der Waals surface area contributed by atoms with Crippen LogP contribution in [0.3, 0.4) is 0 Å². The summed E-state index contributed by atoms with van der Waals surface area (Å²) in [6, 6.07) is 3.73. The van der Waals surface area contributed by atoms with Gasteiger partial charge in [-0.3, -0.25) is 4.79 Å². The zero-order chi connectivity index (χ0) is 15.1. The number of nitrogens with zero attached hydrogens (tertiary/aromatic N) is 2. The van der Waals surface area contributed by atoms with Crippen LogP contribution >= 0.6 is 0 Å². The first-order valence-corrected chi connectivity index (χ1v) is 7.40. The van der Waals surface area contributed by atoms with Gasteiger partial charge in [0.2, 0.25) is 5.91 Å². The van der Waals surface area contributed by atoms with Crippen molar-refractivity contribution in [3.05, 3.63) is 18.3 Å². The highest BCUT2D eigenvalue weighted by Crippen LogP contribution is 2.12. The fourth-order valence-corrected chi connectivity index (χ4v) is 2.23. The normalized spacial score (nSPS) is 15.7. The van der Waals surface area contributed by atoms with Crippen LogP contribution in [0.5, 0.6) is 0 Å². The number of piperidine rings is 1. The third kappa shape index (κ3) is 5.32. The predicted molar refractivity (Wildman–Crippen MR) is 83.7 cm³/mol. The van der Waals surface area contributed by atoms with Crippen molar-refractivity contribution in [2.75, 3.05) is 44.0 Å². The predicted octanol–water partition coefficient (Wildman–Crippen LogP) is 1.24. The van der Waals surface area contributed by atoms with E-state index in [2.05, 4.69) is 15.6 Å². The molecule has 0 aliphatic carbocycles. The third-order valence-corrected chi connectivity index (χ3v) is 3.46. The summed E-state index contributed by atoms with van der Waals surface area (Å²) < 4.78 is 5.72. The molecule has 0 aromatic carbocycles. The standard InChI is InChI=1S/C15H24N4O2/c1-19(2)14-4-3-12(11-17-14)18-15(20)7-10-21-13-5-8-16-9-6-13/h3-4,11,13,16H,5-10H2,1-2H3,(H,18,20). The number of anilines is 2. The van der Waals surface area contributed by atoms with E-state index >= 15 is 0 Å². The van der Waals surface area contributed by atoms with Gasteiger partial charge in [0.1, 0.15) is 5.82 Å². The Balaban J connectivity index is 1.68. The van der Waals surface area contributed by atoms with Crippen molar-refractivity contribution in [2.45, 2.75) is 25.4 Å². The number of amides is 1. The van der Waals surface area contributed by atoms with Gasteiger partial charge in [0.25, 0.3) is 0 Å². The Kier molecular flexibility index (Phi) is 5.95. The highest BCUT2D eigenvalue weighted by atomic mass is 16.5. The van der Waals surface area contributed by atoms with Crippen LogP contribution in [0.25, 0.3) is 0 Å². The summed E-state index contributed by atoms with van der Waals surface area (Å²) >= 11 is 0. The average Bonchev–Trinajstić information content (AvgIpc) is 2.49. The molecule has 0 saturated carbocycles. The summed E-state index contributed by atoms with van der Waals surface area (Å²) in [5.74, 6) is 0.825. The van der Waals surface area contributed by atoms with Gasteiger partial charge in [-0.25, -0.2) is 4.98 Å². The van der Waals surface area contributed by atoms with Crippen LogP contribution in [0.1, 0.15) is 19.3 Å². The number of nitrogens with one attached hydrogen (secondary N) is 2. The zero-order valence-electron chi connectivity index (χ0n) is 12.8. The summed E-state index contributed by atoms with van der Waals surface area (Å²) in [5, 5.41) is 6.12. The second-order valence-corrected chi connectivity index (χ2v) is 5.42. The molecule has 0 spiro atoms. The van der Waals surface area contributed by atoms with Crippen molar-refractivity contribution < 1.29 is 9.53 Å². The van der Waals surface area contributed by atoms with Crippen molar-refractivity contribution in [1.82, 2.24) is 10.3 Å². The summed E-state index contributed by atoms with van der Waals surface area (Å²) in [5.41, 5.74) is 0.715. The number of pyridine rings is 1. The lowest BCUT2D eigenvalue weighted by molar-refractivity contribution is -0.117. The van der Waals surface area contributed by atoms with Crippen molar-refractivity contribution in [3.63, 3.8) is 0 Å². The van der Waals surface area contributed by atoms with E-state index in [0.717, 1.165) is 31.7 Å². The number of carbonyl (C=O) groups is 1. The molecular weight excluding hydrogens is 268 g/mol. The van der Waals surface area contributed by atoms with Crippen LogP contribution in [0.4, 0.5) is 11.5 Å². The second kappa shape index (κ2) is 7.95. The Morgan fingerprint density at radius 1 is 1.43 bits per heavy atom. The van der Waals surface area contributed by atoms with Gasteiger partial charge in [-0.1, -0.05) is 0 Å². The molecule has 1 saturated heterocycles. The topological polar surface area (TPSA) is 66.5 Å². The zero-order valence-corrected chi connectivity index (χ0v) is 12.8. The maximum Gasteiger partial charge on any atom is 0.226 e. The van der Waals surface area contributed by atoms with Gasteiger partial charge in [0.05, 0.1) is 31.0 Å². The minimum absolute atomic E-state index is 0.0386. The van der Waals surface area contributed by atoms with E-state index in [1.54, 1.807) is 6.20 Å². The van der Waals surface area contributed by atoms with E-state index in [1.807, 2.05) is 31.1 Å². The third-order valence-electron chi connectivity index (χ3n) is 3.46. The van der Waals surface area contributed by atoms with Gasteiger partial charge < -0.3 is 20.3 Å². The van der Waals surface area contributed by atoms with Crippen LogP contribution < -0.4 is 15.5 Å². The summed E-state index contributed by atoms with van der Waals surface area (Å²) in [6.45, 7) is 2.47. The van der Waals surface area contributed by atoms with Crippen molar-refractivity contribution >= 4 is 17.4 Å². The van der Waals surface area contributed by atoms with E-state index in [1.165, 1.54) is 0 Å². The van der Waals surface area contributed by atoms with E-state index < -0.39 is 0 Å². The van der Waals surface area contributed by atoms with Gasteiger partial charge in [-0.05, 0) is 38.1 Å². The van der Waals surface area contributed by atoms with E-state index in [0.29, 0.717) is 24.8 Å². The molecule has 1 amide bonds. The lowest BCUT2D eigenvalue weighted by Gasteiger charge is -2.22. The van der Waals surface area contributed by atoms with E-state index in [-0.39, 0.29) is 5.91 Å². The van der Waals surface area contributed by atoms with Gasteiger partial charge in [-0.15, -0.1) is 0 Å². The molecule has 1 aromatic rings. The Bertz CT molecular complexity index is 441. The van der Waals surface area contributed by atoms with Crippen LogP contribution in [0, 0.1) is 0 Å². The van der Waals surface area contributed by atoms with Gasteiger partial charge in [-0.2, -0.15) is 0 Å². The first kappa shape index (κ1) is 15.7. The minimum atomic E-state index is -0.0386. The second-order valence-electron chi connectivity index (χ2n) is 5.42. The lowest BCUT2D eigenvalue weighted by Crippen LogP contribution is -2.33. The monoisotopic (exact) mass is 292 g/mol. The van der Waals surface area contributed by atoms with Gasteiger partial charge in [0, 0.05) is 14.1 Å². The molecule has 0 unspecified atom stereocenters. The Hall–Kier alpha value is -1.66. The van der Waals surface area contributed by atoms with Crippen molar-refractivity contribution in [1.29, 1.82) is 0 Å². The quantitative estimate of drug-likeness (QED) is 0.826. The average molecular weight is 292 g/mol. The van der Waals surface area contributed by atoms with E-state index in [4.69, 9.17) is 4.74 Å². The Labute approximate surface area is 125 Å². The van der Waals surface area contributed by atoms with Crippen LogP contribution in [0.15, 0.2) is 18.3 Å². The molecule has 1 fully saturated rings. The number of hydrogen-bond donors (Lipinski definition) is 2. The van der Waals surface area contributed by atoms with E-state index in [9.17, 15) is 4.79 Å². The first-order chi connectivity index (χ1) is 10.1. The summed E-state index contributed by atoms with van der Waals surface area (Å²) in [7, 11) is 3.86. The molecule has 1 aliphatic heterocycles. The Morgan fingerprint density at radius 2 is 2.19 bits per heavy atom. The van der Waals surface area contributed by atoms with Gasteiger partial charge >= 0.3 is 0 Å². The Morgan fingerprint density at radius 3 is 2.81 bits per heavy atom. The lowest BCUT2D eigenvalue weighted by atomic mass is 10.1. The largest absolute Gasteiger partial charge is 0.378 e. The fourth-order valence-electron chi connectivity index (χ4n) is 2.23. The molecule has 6 heteroatoms. The summed E-state index contributed by atoms with van der Waals surface area (Å²) in [4.78, 5) is 18.0. The molecule has 2 rings (SSSR count). The molecule has 2 heterocycles. The molecule has 1 aromatic heterocycles. The maximum atomic E-state index is 11.8. The van der Waals surface area contributed by atoms with Crippen LogP contribution in [-0.2, 0) is 9.53 Å². The molecule has 0 atom stereocenters. The molecule has 2 N–H and O–H groups in total. The molecule has 6 nitrogen and oxygen atoms in total. The van der Waals surface area contributed by atoms with Gasteiger partial charge in [0.15, 0.2) is 0 Å². The van der Waals surface area contributed by atoms with Crippen molar-refractivity contribution in [2.24, 2.45) is 0 Å². The maximum absolute atomic E-state index is 11.8. The number of hydrogen-bond acceptors (Lipinski definition) is 5. The highest BCUT2D eigenvalue weighted by molar-refractivity contribution is 5.90. The smallest absolute Gasteiger partial charge is 0.226 e. The molecular formula is C15H24N4O2. The first-order valence-electron chi connectivity index (χ1n) is 7.40.